The zero-order chi connectivity index (χ0) is 41.1. The van der Waals surface area contributed by atoms with E-state index in [1.165, 1.54) is 14.2 Å². The molecule has 2 aromatic carbocycles. The number of aromatic amines is 2. The van der Waals surface area contributed by atoms with Crippen LogP contribution >= 0.6 is 11.6 Å². The molecule has 15 heteroatoms. The third-order valence-corrected chi connectivity index (χ3v) is 12.1. The minimum Gasteiger partial charge on any atom is -0.453 e. The third kappa shape index (κ3) is 8.37. The molecule has 304 valence electrons. The summed E-state index contributed by atoms with van der Waals surface area (Å²) in [7, 11) is 2.56. The highest BCUT2D eigenvalue weighted by molar-refractivity contribution is 6.31. The van der Waals surface area contributed by atoms with E-state index in [0.29, 0.717) is 41.8 Å². The number of ether oxygens (including phenoxy) is 2. The van der Waals surface area contributed by atoms with Gasteiger partial charge >= 0.3 is 12.2 Å². The maximum Gasteiger partial charge on any atom is 0.407 e. The van der Waals surface area contributed by atoms with E-state index < -0.39 is 24.3 Å². The Bertz CT molecular complexity index is 2070. The second-order valence-electron chi connectivity index (χ2n) is 15.2. The minimum atomic E-state index is -0.720. The number of aromatic nitrogens is 4. The summed E-state index contributed by atoms with van der Waals surface area (Å²) < 4.78 is 9.50. The van der Waals surface area contributed by atoms with Gasteiger partial charge in [-0.3, -0.25) is 9.59 Å². The molecule has 2 fully saturated rings. The number of alkyl carbamates (subject to hydrolysis) is 2. The Labute approximate surface area is 338 Å². The zero-order valence-electron chi connectivity index (χ0n) is 33.8. The van der Waals surface area contributed by atoms with Crippen molar-refractivity contribution in [1.82, 2.24) is 40.4 Å². The molecule has 0 radical (unpaired) electrons. The van der Waals surface area contributed by atoms with Crippen LogP contribution in [-0.4, -0.2) is 92.1 Å². The number of methoxy groups -OCH3 is 2. The Morgan fingerprint density at radius 3 is 1.61 bits per heavy atom. The highest BCUT2D eigenvalue weighted by Crippen LogP contribution is 2.42. The lowest BCUT2D eigenvalue weighted by Crippen LogP contribution is -2.50. The Balaban J connectivity index is 1.16. The van der Waals surface area contributed by atoms with Gasteiger partial charge < -0.3 is 39.9 Å². The van der Waals surface area contributed by atoms with Gasteiger partial charge in [-0.15, -0.1) is 0 Å². The topological polar surface area (TPSA) is 175 Å². The maximum absolute atomic E-state index is 13.7. The Morgan fingerprint density at radius 1 is 0.719 bits per heavy atom. The molecule has 0 spiro atoms. The number of amides is 4. The summed E-state index contributed by atoms with van der Waals surface area (Å²) in [5.41, 5.74) is 5.35. The Kier molecular flexibility index (Phi) is 12.6. The van der Waals surface area contributed by atoms with Gasteiger partial charge in [0.15, 0.2) is 5.15 Å². The van der Waals surface area contributed by atoms with Gasteiger partial charge in [-0.2, -0.15) is 0 Å². The fourth-order valence-electron chi connectivity index (χ4n) is 8.12. The molecule has 4 N–H and O–H groups in total. The number of hydrogen-bond donors (Lipinski definition) is 4. The van der Waals surface area contributed by atoms with Gasteiger partial charge in [0, 0.05) is 17.6 Å². The SMILES string of the molecule is CC[C@H](NC(=O)OC)C(=O)N1[C@H](c2ncc(-c3ccc(-c4ccc(-c5[nH]c([C@@H]6C[C@@H](C)[C@H](C)N6C(=O)[C@H](CC)NC(=O)OC)nc5Cl)cc4)cc3)[nH]2)C[C@@H](C)[C@@H]1C. The number of likely N-dealkylation sites (tertiary alicyclic amines) is 2. The summed E-state index contributed by atoms with van der Waals surface area (Å²) in [5.74, 6) is 1.43. The number of nitrogens with one attached hydrogen (secondary N) is 4. The first-order valence-corrected chi connectivity index (χ1v) is 20.0. The molecular formula is C42H53ClN8O6. The van der Waals surface area contributed by atoms with Crippen molar-refractivity contribution in [3.8, 4) is 33.6 Å². The number of halogens is 1. The number of benzene rings is 2. The van der Waals surface area contributed by atoms with Gasteiger partial charge in [0.2, 0.25) is 11.8 Å². The Hall–Kier alpha value is -5.37. The van der Waals surface area contributed by atoms with Crippen LogP contribution in [0.5, 0.6) is 0 Å². The largest absolute Gasteiger partial charge is 0.453 e. The summed E-state index contributed by atoms with van der Waals surface area (Å²) in [6, 6.07) is 14.1. The molecule has 0 bridgehead atoms. The molecule has 14 nitrogen and oxygen atoms in total. The number of H-pyrrole nitrogens is 2. The van der Waals surface area contributed by atoms with Crippen molar-refractivity contribution in [1.29, 1.82) is 0 Å². The summed E-state index contributed by atoms with van der Waals surface area (Å²) >= 11 is 6.73. The third-order valence-electron chi connectivity index (χ3n) is 11.9. The van der Waals surface area contributed by atoms with Crippen LogP contribution in [0.3, 0.4) is 0 Å². The lowest BCUT2D eigenvalue weighted by molar-refractivity contribution is -0.137. The van der Waals surface area contributed by atoms with E-state index in [0.717, 1.165) is 34.4 Å². The van der Waals surface area contributed by atoms with Crippen molar-refractivity contribution in [2.75, 3.05) is 14.2 Å². The van der Waals surface area contributed by atoms with E-state index in [-0.39, 0.29) is 47.8 Å². The lowest BCUT2D eigenvalue weighted by atomic mass is 10.0. The zero-order valence-corrected chi connectivity index (χ0v) is 34.5. The molecule has 4 heterocycles. The average molecular weight is 801 g/mol. The monoisotopic (exact) mass is 800 g/mol. The second kappa shape index (κ2) is 17.4. The van der Waals surface area contributed by atoms with Crippen LogP contribution in [-0.2, 0) is 19.1 Å². The van der Waals surface area contributed by atoms with Gasteiger partial charge in [0.1, 0.15) is 23.7 Å². The van der Waals surface area contributed by atoms with Gasteiger partial charge in [-0.25, -0.2) is 19.6 Å². The van der Waals surface area contributed by atoms with Gasteiger partial charge in [-0.05, 0) is 68.1 Å². The van der Waals surface area contributed by atoms with E-state index in [1.54, 1.807) is 6.20 Å². The van der Waals surface area contributed by atoms with E-state index in [4.69, 9.17) is 26.1 Å². The van der Waals surface area contributed by atoms with E-state index in [2.05, 4.69) is 51.6 Å². The molecule has 2 aliphatic heterocycles. The second-order valence-corrected chi connectivity index (χ2v) is 15.6. The van der Waals surface area contributed by atoms with Crippen LogP contribution in [0.15, 0.2) is 54.7 Å². The van der Waals surface area contributed by atoms with Crippen LogP contribution in [0.2, 0.25) is 5.15 Å². The number of imidazole rings is 2. The molecule has 2 saturated heterocycles. The fraction of sp³-hybridized carbons (Fsp3) is 0.476. The first-order chi connectivity index (χ1) is 27.3. The highest BCUT2D eigenvalue weighted by Gasteiger charge is 2.45. The number of hydrogen-bond acceptors (Lipinski definition) is 8. The quantitative estimate of drug-likeness (QED) is 0.120. The first kappa shape index (κ1) is 41.3. The fourth-order valence-corrected chi connectivity index (χ4v) is 8.37. The van der Waals surface area contributed by atoms with Crippen molar-refractivity contribution in [3.05, 3.63) is 71.5 Å². The van der Waals surface area contributed by atoms with E-state index in [9.17, 15) is 19.2 Å². The van der Waals surface area contributed by atoms with Crippen LogP contribution in [0.1, 0.15) is 91.0 Å². The molecule has 0 unspecified atom stereocenters. The molecule has 2 aliphatic rings. The maximum atomic E-state index is 13.7. The molecule has 2 aromatic heterocycles. The normalized spacial score (nSPS) is 22.9. The summed E-state index contributed by atoms with van der Waals surface area (Å²) in [6.07, 6.45) is 2.83. The average Bonchev–Trinajstić information content (AvgIpc) is 4.00. The summed E-state index contributed by atoms with van der Waals surface area (Å²) in [5, 5.41) is 5.66. The molecule has 57 heavy (non-hydrogen) atoms. The smallest absolute Gasteiger partial charge is 0.407 e. The van der Waals surface area contributed by atoms with Gasteiger partial charge in [0.25, 0.3) is 0 Å². The molecule has 4 amide bonds. The van der Waals surface area contributed by atoms with Crippen molar-refractivity contribution in [3.63, 3.8) is 0 Å². The predicted molar refractivity (Wildman–Crippen MR) is 217 cm³/mol. The molecule has 8 atom stereocenters. The van der Waals surface area contributed by atoms with Crippen molar-refractivity contribution >= 4 is 35.6 Å². The van der Waals surface area contributed by atoms with E-state index >= 15 is 0 Å². The van der Waals surface area contributed by atoms with Crippen molar-refractivity contribution in [2.24, 2.45) is 11.8 Å². The lowest BCUT2D eigenvalue weighted by Gasteiger charge is -2.31. The molecular weight excluding hydrogens is 748 g/mol. The molecule has 6 rings (SSSR count). The standard InChI is InChI=1S/C42H53ClN8O6/c1-9-30(46-41(54)56-7)39(52)50-24(5)22(3)19-33(50)37-44-21-32(45-37)28-15-11-26(12-16-28)27-13-17-29(18-14-27)35-36(43)49-38(48-35)34-20-23(4)25(6)51(34)40(53)31(10-2)47-42(55)57-8/h11-18,21-25,30-31,33-34H,9-10,19-20H2,1-8H3,(H,44,45)(H,46,54)(H,47,55)(H,48,49)/t22-,23-,24+,25+,30+,31+,33+,34+/m1/s1. The Morgan fingerprint density at radius 2 is 1.16 bits per heavy atom. The van der Waals surface area contributed by atoms with Crippen molar-refractivity contribution < 1.29 is 28.7 Å². The summed E-state index contributed by atoms with van der Waals surface area (Å²) in [6.45, 7) is 12.0. The summed E-state index contributed by atoms with van der Waals surface area (Å²) in [4.78, 5) is 71.3. The van der Waals surface area contributed by atoms with Crippen LogP contribution in [0.4, 0.5) is 9.59 Å². The van der Waals surface area contributed by atoms with Crippen LogP contribution in [0, 0.1) is 11.8 Å². The number of carbonyl (C=O) groups is 4. The molecule has 0 saturated carbocycles. The highest BCUT2D eigenvalue weighted by atomic mass is 35.5. The van der Waals surface area contributed by atoms with Crippen LogP contribution in [0.25, 0.3) is 33.6 Å². The molecule has 4 aromatic rings. The van der Waals surface area contributed by atoms with Crippen molar-refractivity contribution in [2.45, 2.75) is 103 Å². The van der Waals surface area contributed by atoms with Crippen LogP contribution < -0.4 is 10.6 Å². The first-order valence-electron chi connectivity index (χ1n) is 19.6. The number of carbonyl (C=O) groups excluding carboxylic acids is 4. The minimum absolute atomic E-state index is 0.0284. The van der Waals surface area contributed by atoms with E-state index in [1.807, 2.05) is 73.9 Å². The number of nitrogens with zero attached hydrogens (tertiary/aromatic N) is 4. The predicted octanol–water partition coefficient (Wildman–Crippen LogP) is 7.65. The number of rotatable bonds is 11. The van der Waals surface area contributed by atoms with Gasteiger partial charge in [-0.1, -0.05) is 87.8 Å². The van der Waals surface area contributed by atoms with Gasteiger partial charge in [0.05, 0.1) is 43.9 Å². The molecule has 0 aliphatic carbocycles.